The molecule has 33 heavy (non-hydrogen) atoms. The quantitative estimate of drug-likeness (QED) is 0.711. The molecule has 2 aromatic rings. The smallest absolute Gasteiger partial charge is 0.254 e. The van der Waals surface area contributed by atoms with Gasteiger partial charge in [-0.2, -0.15) is 0 Å². The average Bonchev–Trinajstić information content (AvgIpc) is 2.82. The zero-order chi connectivity index (χ0) is 23.3. The molecular weight excluding hydrogens is 416 g/mol. The third-order valence-corrected chi connectivity index (χ3v) is 7.47. The molecule has 2 amide bonds. The molecule has 3 heterocycles. The molecule has 2 aromatic carbocycles. The second-order valence-corrected chi connectivity index (χ2v) is 9.85. The van der Waals surface area contributed by atoms with Crippen LogP contribution in [0.3, 0.4) is 0 Å². The molecule has 3 aliphatic rings. The first kappa shape index (κ1) is 21.8. The Morgan fingerprint density at radius 1 is 0.970 bits per heavy atom. The van der Waals surface area contributed by atoms with Gasteiger partial charge in [-0.1, -0.05) is 32.0 Å². The van der Waals surface area contributed by atoms with Gasteiger partial charge in [-0.15, -0.1) is 0 Å². The molecule has 0 radical (unpaired) electrons. The van der Waals surface area contributed by atoms with E-state index in [9.17, 15) is 9.59 Å². The van der Waals surface area contributed by atoms with E-state index in [4.69, 9.17) is 9.47 Å². The number of methoxy groups -OCH3 is 2. The van der Waals surface area contributed by atoms with E-state index in [0.717, 1.165) is 42.6 Å². The van der Waals surface area contributed by atoms with Crippen molar-refractivity contribution < 1.29 is 19.1 Å². The molecule has 5 rings (SSSR count). The summed E-state index contributed by atoms with van der Waals surface area (Å²) in [5.41, 5.74) is 3.58. The van der Waals surface area contributed by atoms with E-state index < -0.39 is 5.92 Å². The van der Waals surface area contributed by atoms with Crippen molar-refractivity contribution in [2.45, 2.75) is 38.6 Å². The number of fused-ring (bicyclic) bond motifs is 4. The summed E-state index contributed by atoms with van der Waals surface area (Å²) in [6, 6.07) is 11.3. The zero-order valence-electron chi connectivity index (χ0n) is 19.8. The number of benzene rings is 2. The van der Waals surface area contributed by atoms with Gasteiger partial charge in [-0.05, 0) is 59.6 Å². The third kappa shape index (κ3) is 3.56. The molecule has 0 spiro atoms. The molecule has 0 aromatic heterocycles. The van der Waals surface area contributed by atoms with Crippen LogP contribution in [0.15, 0.2) is 36.4 Å². The molecule has 0 bridgehead atoms. The molecule has 0 unspecified atom stereocenters. The molecule has 174 valence electrons. The van der Waals surface area contributed by atoms with Crippen molar-refractivity contribution in [3.63, 3.8) is 0 Å². The molecule has 6 heteroatoms. The van der Waals surface area contributed by atoms with Gasteiger partial charge in [0, 0.05) is 25.2 Å². The second-order valence-electron chi connectivity index (χ2n) is 9.85. The number of hydrogen-bond acceptors (Lipinski definition) is 4. The van der Waals surface area contributed by atoms with E-state index in [-0.39, 0.29) is 17.9 Å². The largest absolute Gasteiger partial charge is 0.493 e. The number of nitrogens with zero attached hydrogens (tertiary/aromatic N) is 2. The van der Waals surface area contributed by atoms with Gasteiger partial charge in [-0.3, -0.25) is 9.59 Å². The monoisotopic (exact) mass is 448 g/mol. The Kier molecular flexibility index (Phi) is 5.55. The summed E-state index contributed by atoms with van der Waals surface area (Å²) in [6.07, 6.45) is 1.86. The molecule has 1 fully saturated rings. The average molecular weight is 449 g/mol. The highest BCUT2D eigenvalue weighted by molar-refractivity contribution is 6.01. The third-order valence-electron chi connectivity index (χ3n) is 7.47. The number of carbonyl (C=O) groups excluding carboxylic acids is 2. The van der Waals surface area contributed by atoms with Gasteiger partial charge in [0.25, 0.3) is 5.91 Å². The van der Waals surface area contributed by atoms with E-state index in [1.165, 1.54) is 0 Å². The lowest BCUT2D eigenvalue weighted by atomic mass is 9.75. The van der Waals surface area contributed by atoms with Crippen LogP contribution in [-0.4, -0.2) is 55.5 Å². The van der Waals surface area contributed by atoms with Crippen LogP contribution < -0.4 is 9.47 Å². The van der Waals surface area contributed by atoms with Crippen molar-refractivity contribution in [1.29, 1.82) is 0 Å². The molecule has 6 nitrogen and oxygen atoms in total. The number of carbonyl (C=O) groups is 2. The number of amides is 2. The summed E-state index contributed by atoms with van der Waals surface area (Å²) >= 11 is 0. The Morgan fingerprint density at radius 2 is 1.64 bits per heavy atom. The van der Waals surface area contributed by atoms with Gasteiger partial charge in [0.05, 0.1) is 26.2 Å². The van der Waals surface area contributed by atoms with E-state index in [1.807, 2.05) is 46.2 Å². The summed E-state index contributed by atoms with van der Waals surface area (Å²) in [5.74, 6) is 1.92. The van der Waals surface area contributed by atoms with Crippen molar-refractivity contribution in [3.8, 4) is 11.5 Å². The summed E-state index contributed by atoms with van der Waals surface area (Å²) in [4.78, 5) is 31.6. The van der Waals surface area contributed by atoms with Crippen molar-refractivity contribution in [3.05, 3.63) is 58.7 Å². The maximum Gasteiger partial charge on any atom is 0.254 e. The lowest BCUT2D eigenvalue weighted by Gasteiger charge is -2.47. The minimum atomic E-state index is -0.437. The van der Waals surface area contributed by atoms with E-state index in [0.29, 0.717) is 35.4 Å². The van der Waals surface area contributed by atoms with Gasteiger partial charge >= 0.3 is 0 Å². The highest BCUT2D eigenvalue weighted by Crippen LogP contribution is 2.49. The molecule has 4 atom stereocenters. The molecule has 0 saturated carbocycles. The fraction of sp³-hybridized carbons (Fsp3) is 0.481. The molecule has 3 aliphatic heterocycles. The number of rotatable bonds is 3. The van der Waals surface area contributed by atoms with Crippen molar-refractivity contribution >= 4 is 11.8 Å². The maximum absolute atomic E-state index is 14.2. The van der Waals surface area contributed by atoms with Crippen LogP contribution in [-0.2, 0) is 11.2 Å². The predicted molar refractivity (Wildman–Crippen MR) is 126 cm³/mol. The van der Waals surface area contributed by atoms with Crippen molar-refractivity contribution in [2.24, 2.45) is 11.8 Å². The molecule has 1 saturated heterocycles. The standard InChI is InChI=1S/C27H32N2O4/c1-16-11-17(2)15-28(14-16)27(31)24-19-7-5-6-8-20(19)26(30)29-10-9-18-12-22(32-3)23(33-4)13-21(18)25(24)29/h5-8,12-13,16-17,24-25H,9-11,14-15H2,1-4H3/t16-,17-,24+,25+/m0/s1. The topological polar surface area (TPSA) is 59.1 Å². The fourth-order valence-corrected chi connectivity index (χ4v) is 6.16. The van der Waals surface area contributed by atoms with Gasteiger partial charge in [0.2, 0.25) is 5.91 Å². The van der Waals surface area contributed by atoms with Crippen LogP contribution in [0.4, 0.5) is 0 Å². The lowest BCUT2D eigenvalue weighted by Crippen LogP contribution is -2.52. The maximum atomic E-state index is 14.2. The van der Waals surface area contributed by atoms with Crippen molar-refractivity contribution in [2.75, 3.05) is 33.9 Å². The number of likely N-dealkylation sites (tertiary alicyclic amines) is 1. The first-order valence-corrected chi connectivity index (χ1v) is 11.9. The van der Waals surface area contributed by atoms with Crippen LogP contribution in [0.2, 0.25) is 0 Å². The minimum Gasteiger partial charge on any atom is -0.493 e. The highest BCUT2D eigenvalue weighted by Gasteiger charge is 2.48. The van der Waals surface area contributed by atoms with E-state index in [2.05, 4.69) is 13.8 Å². The molecular formula is C27H32N2O4. The summed E-state index contributed by atoms with van der Waals surface area (Å²) in [6.45, 7) is 6.54. The van der Waals surface area contributed by atoms with Crippen LogP contribution in [0.5, 0.6) is 11.5 Å². The van der Waals surface area contributed by atoms with Crippen LogP contribution in [0, 0.1) is 11.8 Å². The number of ether oxygens (including phenoxy) is 2. The van der Waals surface area contributed by atoms with Gasteiger partial charge in [0.1, 0.15) is 0 Å². The Morgan fingerprint density at radius 3 is 2.33 bits per heavy atom. The Labute approximate surface area is 195 Å². The summed E-state index contributed by atoms with van der Waals surface area (Å²) in [7, 11) is 3.25. The summed E-state index contributed by atoms with van der Waals surface area (Å²) in [5, 5.41) is 0. The number of hydrogen-bond donors (Lipinski definition) is 0. The Hall–Kier alpha value is -3.02. The zero-order valence-corrected chi connectivity index (χ0v) is 19.8. The van der Waals surface area contributed by atoms with Crippen molar-refractivity contribution in [1.82, 2.24) is 9.80 Å². The first-order valence-electron chi connectivity index (χ1n) is 11.9. The first-order chi connectivity index (χ1) is 15.9. The van der Waals surface area contributed by atoms with Gasteiger partial charge in [-0.25, -0.2) is 0 Å². The van der Waals surface area contributed by atoms with E-state index in [1.54, 1.807) is 14.2 Å². The summed E-state index contributed by atoms with van der Waals surface area (Å²) < 4.78 is 11.1. The van der Waals surface area contributed by atoms with E-state index >= 15 is 0 Å². The molecule has 0 aliphatic carbocycles. The van der Waals surface area contributed by atoms with Gasteiger partial charge in [0.15, 0.2) is 11.5 Å². The minimum absolute atomic E-state index is 0.000431. The fourth-order valence-electron chi connectivity index (χ4n) is 6.16. The predicted octanol–water partition coefficient (Wildman–Crippen LogP) is 4.05. The number of piperidine rings is 1. The van der Waals surface area contributed by atoms with Gasteiger partial charge < -0.3 is 19.3 Å². The second kappa shape index (κ2) is 8.40. The molecule has 0 N–H and O–H groups in total. The Balaban J connectivity index is 1.66. The Bertz CT molecular complexity index is 1090. The van der Waals surface area contributed by atoms with Crippen LogP contribution in [0.1, 0.15) is 59.3 Å². The normalized spacial score (nSPS) is 26.2. The van der Waals surface area contributed by atoms with Crippen LogP contribution >= 0.6 is 0 Å². The lowest BCUT2D eigenvalue weighted by molar-refractivity contribution is -0.137. The van der Waals surface area contributed by atoms with Crippen LogP contribution in [0.25, 0.3) is 0 Å². The SMILES string of the molecule is COc1cc2c(cc1OC)[C@@H]1[C@H](C(=O)N3C[C@@H](C)C[C@H](C)C3)c3ccccc3C(=O)N1CC2. The highest BCUT2D eigenvalue weighted by atomic mass is 16.5.